The minimum absolute atomic E-state index is 0.00689. The number of anilines is 1. The summed E-state index contributed by atoms with van der Waals surface area (Å²) in [6.07, 6.45) is 4.07. The first-order valence-electron chi connectivity index (χ1n) is 10.0. The topological polar surface area (TPSA) is 113 Å². The van der Waals surface area contributed by atoms with E-state index < -0.39 is 33.8 Å². The minimum atomic E-state index is -4.08. The Labute approximate surface area is 196 Å². The number of carbonyl (C=O) groups excluding carboxylic acids is 3. The molecule has 0 radical (unpaired) electrons. The van der Waals surface area contributed by atoms with Crippen molar-refractivity contribution in [3.05, 3.63) is 70.3 Å². The summed E-state index contributed by atoms with van der Waals surface area (Å²) in [7, 11) is -4.08. The van der Waals surface area contributed by atoms with E-state index in [2.05, 4.69) is 9.71 Å². The molecule has 10 heteroatoms. The molecule has 8 nitrogen and oxygen atoms in total. The zero-order chi connectivity index (χ0) is 24.1. The molecular weight excluding hydrogens is 466 g/mol. The van der Waals surface area contributed by atoms with Crippen LogP contribution in [0.2, 0.25) is 5.02 Å². The Balaban J connectivity index is 1.72. The van der Waals surface area contributed by atoms with Gasteiger partial charge in [-0.3, -0.25) is 24.0 Å². The van der Waals surface area contributed by atoms with Crippen molar-refractivity contribution in [2.75, 3.05) is 4.72 Å². The second-order valence-electron chi connectivity index (χ2n) is 8.65. The molecule has 170 valence electrons. The standard InChI is InChI=1S/C23H20ClN3O5S/c1-23(2,3)13-6-8-14(9-7-13)33(31,32)26-16-11-10-15(24)18-19(16)22(30)27(21(18)29)17-5-4-12-25-20(17)28/h4-12,17,26H,1-3H3. The largest absolute Gasteiger partial charge is 0.279 e. The highest BCUT2D eigenvalue weighted by molar-refractivity contribution is 7.92. The number of carbonyl (C=O) groups is 3. The third kappa shape index (κ3) is 3.98. The second-order valence-corrected chi connectivity index (χ2v) is 10.7. The van der Waals surface area contributed by atoms with Gasteiger partial charge in [0.25, 0.3) is 27.7 Å². The number of nitrogens with zero attached hydrogens (tertiary/aromatic N) is 2. The predicted octanol–water partition coefficient (Wildman–Crippen LogP) is 3.57. The Morgan fingerprint density at radius 3 is 2.21 bits per heavy atom. The summed E-state index contributed by atoms with van der Waals surface area (Å²) < 4.78 is 28.5. The summed E-state index contributed by atoms with van der Waals surface area (Å²) in [5, 5.41) is -0.0286. The molecule has 1 atom stereocenters. The maximum atomic E-state index is 13.2. The predicted molar refractivity (Wildman–Crippen MR) is 124 cm³/mol. The highest BCUT2D eigenvalue weighted by atomic mass is 35.5. The van der Waals surface area contributed by atoms with Crippen LogP contribution in [-0.4, -0.2) is 43.3 Å². The average Bonchev–Trinajstić information content (AvgIpc) is 3.01. The molecule has 0 saturated heterocycles. The van der Waals surface area contributed by atoms with Crippen LogP contribution < -0.4 is 4.72 Å². The number of fused-ring (bicyclic) bond motifs is 1. The molecule has 2 aliphatic heterocycles. The van der Waals surface area contributed by atoms with Gasteiger partial charge in [0, 0.05) is 6.21 Å². The number of halogens is 1. The molecule has 33 heavy (non-hydrogen) atoms. The van der Waals surface area contributed by atoms with Crippen molar-refractivity contribution in [3.8, 4) is 0 Å². The number of benzene rings is 2. The van der Waals surface area contributed by atoms with E-state index in [0.29, 0.717) is 0 Å². The molecule has 4 rings (SSSR count). The Bertz CT molecular complexity index is 1360. The Kier molecular flexibility index (Phi) is 5.50. The van der Waals surface area contributed by atoms with Gasteiger partial charge in [-0.2, -0.15) is 0 Å². The molecule has 3 amide bonds. The van der Waals surface area contributed by atoms with Gasteiger partial charge in [0.15, 0.2) is 0 Å². The zero-order valence-electron chi connectivity index (χ0n) is 18.0. The molecule has 0 fully saturated rings. The number of nitrogens with one attached hydrogen (secondary N) is 1. The third-order valence-corrected chi connectivity index (χ3v) is 7.10. The normalized spacial score (nSPS) is 18.1. The van der Waals surface area contributed by atoms with Gasteiger partial charge < -0.3 is 0 Å². The molecule has 0 aliphatic carbocycles. The zero-order valence-corrected chi connectivity index (χ0v) is 19.6. The third-order valence-electron chi connectivity index (χ3n) is 5.41. The van der Waals surface area contributed by atoms with Crippen LogP contribution in [0.5, 0.6) is 0 Å². The smallest absolute Gasteiger partial charge is 0.272 e. The van der Waals surface area contributed by atoms with E-state index in [1.165, 1.54) is 42.6 Å². The molecule has 0 bridgehead atoms. The molecule has 0 saturated carbocycles. The lowest BCUT2D eigenvalue weighted by atomic mass is 9.87. The SMILES string of the molecule is CC(C)(C)c1ccc(S(=O)(=O)Nc2ccc(Cl)c3c2C(=O)N(C2C=CC=NC2=O)C3=O)cc1. The molecule has 1 N–H and O–H groups in total. The first kappa shape index (κ1) is 22.9. The quantitative estimate of drug-likeness (QED) is 0.665. The number of hydrogen-bond acceptors (Lipinski definition) is 5. The molecule has 0 spiro atoms. The minimum Gasteiger partial charge on any atom is -0.279 e. The van der Waals surface area contributed by atoms with Crippen LogP contribution in [0.15, 0.2) is 58.4 Å². The van der Waals surface area contributed by atoms with Gasteiger partial charge in [-0.25, -0.2) is 13.4 Å². The fourth-order valence-electron chi connectivity index (χ4n) is 3.64. The Morgan fingerprint density at radius 2 is 1.61 bits per heavy atom. The van der Waals surface area contributed by atoms with Crippen LogP contribution in [-0.2, 0) is 20.2 Å². The first-order valence-corrected chi connectivity index (χ1v) is 11.9. The number of rotatable bonds is 4. The number of imide groups is 1. The van der Waals surface area contributed by atoms with E-state index >= 15 is 0 Å². The number of amides is 3. The number of sulfonamides is 1. The number of hydrogen-bond donors (Lipinski definition) is 1. The first-order chi connectivity index (χ1) is 15.4. The number of dihydropyridines is 1. The van der Waals surface area contributed by atoms with Gasteiger partial charge in [-0.05, 0) is 41.3 Å². The van der Waals surface area contributed by atoms with Crippen LogP contribution in [0, 0.1) is 0 Å². The van der Waals surface area contributed by atoms with E-state index in [0.717, 1.165) is 10.5 Å². The van der Waals surface area contributed by atoms with E-state index in [1.54, 1.807) is 12.1 Å². The van der Waals surface area contributed by atoms with Crippen molar-refractivity contribution in [2.45, 2.75) is 37.1 Å². The van der Waals surface area contributed by atoms with Crippen LogP contribution in [0.1, 0.15) is 47.1 Å². The van der Waals surface area contributed by atoms with Gasteiger partial charge in [-0.15, -0.1) is 0 Å². The maximum absolute atomic E-state index is 13.2. The molecule has 1 unspecified atom stereocenters. The van der Waals surface area contributed by atoms with Crippen molar-refractivity contribution < 1.29 is 22.8 Å². The van der Waals surface area contributed by atoms with Crippen LogP contribution >= 0.6 is 11.6 Å². The van der Waals surface area contributed by atoms with Crippen molar-refractivity contribution in [3.63, 3.8) is 0 Å². The van der Waals surface area contributed by atoms with E-state index in [-0.39, 0.29) is 32.1 Å². The lowest BCUT2D eigenvalue weighted by molar-refractivity contribution is -0.120. The molecule has 2 aliphatic rings. The second kappa shape index (κ2) is 7.93. The van der Waals surface area contributed by atoms with Gasteiger partial charge in [-0.1, -0.05) is 50.6 Å². The highest BCUT2D eigenvalue weighted by Crippen LogP contribution is 2.37. The van der Waals surface area contributed by atoms with E-state index in [1.807, 2.05) is 20.8 Å². The molecule has 2 aromatic carbocycles. The van der Waals surface area contributed by atoms with Crippen molar-refractivity contribution in [1.29, 1.82) is 0 Å². The number of allylic oxidation sites excluding steroid dienone is 1. The average molecular weight is 486 g/mol. The fourth-order valence-corrected chi connectivity index (χ4v) is 4.95. The van der Waals surface area contributed by atoms with Gasteiger partial charge >= 0.3 is 0 Å². The molecule has 0 aromatic heterocycles. The van der Waals surface area contributed by atoms with Crippen molar-refractivity contribution in [1.82, 2.24) is 4.90 Å². The van der Waals surface area contributed by atoms with Gasteiger partial charge in [0.1, 0.15) is 6.04 Å². The lowest BCUT2D eigenvalue weighted by Gasteiger charge is -2.21. The van der Waals surface area contributed by atoms with Gasteiger partial charge in [0.05, 0.1) is 26.7 Å². The summed E-state index contributed by atoms with van der Waals surface area (Å²) in [4.78, 5) is 42.7. The van der Waals surface area contributed by atoms with Crippen LogP contribution in [0.3, 0.4) is 0 Å². The maximum Gasteiger partial charge on any atom is 0.272 e. The monoisotopic (exact) mass is 485 g/mol. The van der Waals surface area contributed by atoms with Gasteiger partial charge in [0.2, 0.25) is 0 Å². The fraction of sp³-hybridized carbons (Fsp3) is 0.217. The molecule has 2 aromatic rings. The summed E-state index contributed by atoms with van der Waals surface area (Å²) >= 11 is 6.18. The summed E-state index contributed by atoms with van der Waals surface area (Å²) in [6, 6.07) is 7.80. The van der Waals surface area contributed by atoms with Crippen LogP contribution in [0.25, 0.3) is 0 Å². The lowest BCUT2D eigenvalue weighted by Crippen LogP contribution is -2.44. The Hall–Kier alpha value is -3.30. The van der Waals surface area contributed by atoms with Crippen LogP contribution in [0.4, 0.5) is 5.69 Å². The van der Waals surface area contributed by atoms with E-state index in [4.69, 9.17) is 11.6 Å². The molecule has 2 heterocycles. The summed E-state index contributed by atoms with van der Waals surface area (Å²) in [6.45, 7) is 6.03. The summed E-state index contributed by atoms with van der Waals surface area (Å²) in [5.41, 5.74) is 0.320. The van der Waals surface area contributed by atoms with Crippen molar-refractivity contribution >= 4 is 51.2 Å². The summed E-state index contributed by atoms with van der Waals surface area (Å²) in [5.74, 6) is -2.32. The number of aliphatic imine (C=N–C) groups is 1. The van der Waals surface area contributed by atoms with Crippen molar-refractivity contribution in [2.24, 2.45) is 4.99 Å². The highest BCUT2D eigenvalue weighted by Gasteiger charge is 2.45. The van der Waals surface area contributed by atoms with E-state index in [9.17, 15) is 22.8 Å². The molecular formula is C23H20ClN3O5S. The Morgan fingerprint density at radius 1 is 0.970 bits per heavy atom.